The van der Waals surface area contributed by atoms with Crippen LogP contribution >= 0.6 is 0 Å². The van der Waals surface area contributed by atoms with Crippen LogP contribution in [0.3, 0.4) is 0 Å². The summed E-state index contributed by atoms with van der Waals surface area (Å²) < 4.78 is 33.0. The van der Waals surface area contributed by atoms with E-state index < -0.39 is 11.6 Å². The average Bonchev–Trinajstić information content (AvgIpc) is 2.88. The van der Waals surface area contributed by atoms with Crippen LogP contribution in [0.1, 0.15) is 20.7 Å². The molecule has 0 spiro atoms. The second-order valence-corrected chi connectivity index (χ2v) is 7.16. The van der Waals surface area contributed by atoms with E-state index in [0.717, 1.165) is 0 Å². The Labute approximate surface area is 196 Å². The molecule has 0 atom stereocenters. The van der Waals surface area contributed by atoms with E-state index in [1.165, 1.54) is 28.4 Å². The number of ether oxygens (including phenoxy) is 6. The Morgan fingerprint density at radius 2 is 0.765 bits per heavy atom. The number of rotatable bonds is 8. The maximum Gasteiger partial charge on any atom is 0.233 e. The van der Waals surface area contributed by atoms with E-state index in [0.29, 0.717) is 23.0 Å². The predicted octanol–water partition coefficient (Wildman–Crippen LogP) is 4.47. The molecule has 0 fully saturated rings. The highest BCUT2D eigenvalue weighted by molar-refractivity contribution is 6.25. The quantitative estimate of drug-likeness (QED) is 0.485. The summed E-state index contributed by atoms with van der Waals surface area (Å²) in [7, 11) is 5.98. The molecule has 4 rings (SSSR count). The molecule has 8 heteroatoms. The van der Waals surface area contributed by atoms with Crippen LogP contribution in [-0.4, -0.2) is 40.0 Å². The molecule has 0 aromatic heterocycles. The number of carbonyl (C=O) groups is 2. The van der Waals surface area contributed by atoms with Crippen LogP contribution in [0, 0.1) is 0 Å². The van der Waals surface area contributed by atoms with Crippen molar-refractivity contribution in [3.8, 4) is 34.5 Å². The average molecular weight is 462 g/mol. The van der Waals surface area contributed by atoms with Crippen LogP contribution in [0.5, 0.6) is 34.5 Å². The van der Waals surface area contributed by atoms with E-state index in [9.17, 15) is 9.59 Å². The van der Waals surface area contributed by atoms with Gasteiger partial charge in [0.25, 0.3) is 0 Å². The van der Waals surface area contributed by atoms with Gasteiger partial charge in [-0.15, -0.1) is 0 Å². The maximum absolute atomic E-state index is 13.4. The molecule has 0 unspecified atom stereocenters. The summed E-state index contributed by atoms with van der Waals surface area (Å²) in [6.45, 7) is 0. The summed E-state index contributed by atoms with van der Waals surface area (Å²) in [5.41, 5.74) is 0.431. The number of hydrogen-bond donors (Lipinski definition) is 0. The molecule has 0 amide bonds. The first kappa shape index (κ1) is 22.7. The van der Waals surface area contributed by atoms with E-state index in [1.54, 1.807) is 60.7 Å². The zero-order valence-electron chi connectivity index (χ0n) is 19.0. The normalized spacial score (nSPS) is 12.7. The molecular formula is C26H22O8. The summed E-state index contributed by atoms with van der Waals surface area (Å²) in [5.74, 6) is 0.738. The topological polar surface area (TPSA) is 89.5 Å². The minimum absolute atomic E-state index is 0.216. The van der Waals surface area contributed by atoms with Gasteiger partial charge in [0.2, 0.25) is 23.1 Å². The fraction of sp³-hybridized carbons (Fsp3) is 0.154. The highest BCUT2D eigenvalue weighted by Gasteiger charge is 2.36. The third-order valence-electron chi connectivity index (χ3n) is 5.12. The second kappa shape index (κ2) is 9.58. The largest absolute Gasteiger partial charge is 0.496 e. The van der Waals surface area contributed by atoms with Crippen molar-refractivity contribution in [2.24, 2.45) is 0 Å². The third-order valence-corrected chi connectivity index (χ3v) is 5.12. The summed E-state index contributed by atoms with van der Waals surface area (Å²) in [6.07, 6.45) is 0. The van der Waals surface area contributed by atoms with E-state index >= 15 is 0 Å². The fourth-order valence-corrected chi connectivity index (χ4v) is 3.43. The maximum atomic E-state index is 13.4. The first-order chi connectivity index (χ1) is 16.5. The van der Waals surface area contributed by atoms with Crippen molar-refractivity contribution in [1.29, 1.82) is 0 Å². The smallest absolute Gasteiger partial charge is 0.233 e. The van der Waals surface area contributed by atoms with Crippen LogP contribution in [0.4, 0.5) is 0 Å². The molecule has 0 radical (unpaired) electrons. The van der Waals surface area contributed by atoms with Crippen molar-refractivity contribution < 1.29 is 38.0 Å². The lowest BCUT2D eigenvalue weighted by Gasteiger charge is -2.21. The monoisotopic (exact) mass is 462 g/mol. The first-order valence-electron chi connectivity index (χ1n) is 10.2. The van der Waals surface area contributed by atoms with Crippen molar-refractivity contribution in [1.82, 2.24) is 0 Å². The van der Waals surface area contributed by atoms with Gasteiger partial charge in [-0.05, 0) is 0 Å². The second-order valence-electron chi connectivity index (χ2n) is 7.16. The number of hydrogen-bond acceptors (Lipinski definition) is 8. The van der Waals surface area contributed by atoms with Gasteiger partial charge in [0.15, 0.2) is 0 Å². The van der Waals surface area contributed by atoms with Gasteiger partial charge in [-0.2, -0.15) is 0 Å². The first-order valence-corrected chi connectivity index (χ1v) is 10.2. The molecule has 174 valence electrons. The van der Waals surface area contributed by atoms with Crippen LogP contribution < -0.4 is 28.4 Å². The van der Waals surface area contributed by atoms with Gasteiger partial charge in [0.05, 0.1) is 28.4 Å². The Bertz CT molecular complexity index is 1150. The van der Waals surface area contributed by atoms with Crippen molar-refractivity contribution in [2.45, 2.75) is 0 Å². The fourth-order valence-electron chi connectivity index (χ4n) is 3.43. The zero-order valence-corrected chi connectivity index (χ0v) is 19.0. The molecule has 0 bridgehead atoms. The Kier molecular flexibility index (Phi) is 6.40. The lowest BCUT2D eigenvalue weighted by molar-refractivity contribution is 0.0896. The number of carbonyl (C=O) groups excluding carboxylic acids is 2. The minimum Gasteiger partial charge on any atom is -0.496 e. The van der Waals surface area contributed by atoms with Gasteiger partial charge in [0, 0.05) is 47.5 Å². The number of allylic oxidation sites excluding steroid dienone is 2. The molecular weight excluding hydrogens is 440 g/mol. The van der Waals surface area contributed by atoms with Crippen molar-refractivity contribution in [2.75, 3.05) is 28.4 Å². The summed E-state index contributed by atoms with van der Waals surface area (Å²) in [6, 6.07) is 16.1. The van der Waals surface area contributed by atoms with Gasteiger partial charge in [0.1, 0.15) is 34.5 Å². The molecule has 0 N–H and O–H groups in total. The van der Waals surface area contributed by atoms with Crippen LogP contribution in [0.25, 0.3) is 0 Å². The highest BCUT2D eigenvalue weighted by atomic mass is 16.5. The SMILES string of the molecule is COc1cc(OC)cc(OC2=C(Oc3cc(OC)cc(OC)c3)C(=O)c3ccccc3C2=O)c1. The van der Waals surface area contributed by atoms with Crippen LogP contribution in [0.2, 0.25) is 0 Å². The van der Waals surface area contributed by atoms with Crippen LogP contribution in [-0.2, 0) is 0 Å². The Morgan fingerprint density at radius 1 is 0.471 bits per heavy atom. The van der Waals surface area contributed by atoms with Crippen molar-refractivity contribution in [3.05, 3.63) is 83.3 Å². The van der Waals surface area contributed by atoms with E-state index in [2.05, 4.69) is 0 Å². The standard InChI is InChI=1S/C26H22O8/c1-29-15-9-16(30-2)12-19(11-15)33-25-23(27)21-7-5-6-8-22(21)24(28)26(25)34-20-13-17(31-3)10-18(14-20)32-4/h5-14H,1-4H3. The van der Waals surface area contributed by atoms with Crippen molar-refractivity contribution in [3.63, 3.8) is 0 Å². The third kappa shape index (κ3) is 4.38. The molecule has 3 aromatic carbocycles. The zero-order chi connectivity index (χ0) is 24.2. The minimum atomic E-state index is -0.498. The van der Waals surface area contributed by atoms with Gasteiger partial charge in [-0.25, -0.2) is 0 Å². The lowest BCUT2D eigenvalue weighted by atomic mass is 9.92. The molecule has 0 saturated carbocycles. The Balaban J connectivity index is 1.84. The lowest BCUT2D eigenvalue weighted by Crippen LogP contribution is -2.27. The molecule has 1 aliphatic rings. The summed E-state index contributed by atoms with van der Waals surface area (Å²) in [4.78, 5) is 26.8. The number of ketones is 2. The van der Waals surface area contributed by atoms with Crippen LogP contribution in [0.15, 0.2) is 72.2 Å². The number of methoxy groups -OCH3 is 4. The van der Waals surface area contributed by atoms with Gasteiger partial charge in [-0.3, -0.25) is 9.59 Å². The molecule has 3 aromatic rings. The number of benzene rings is 3. The van der Waals surface area contributed by atoms with Gasteiger partial charge >= 0.3 is 0 Å². The van der Waals surface area contributed by atoms with Crippen molar-refractivity contribution >= 4 is 11.6 Å². The van der Waals surface area contributed by atoms with E-state index in [4.69, 9.17) is 28.4 Å². The molecule has 8 nitrogen and oxygen atoms in total. The van der Waals surface area contributed by atoms with E-state index in [1.807, 2.05) is 0 Å². The molecule has 0 saturated heterocycles. The summed E-state index contributed by atoms with van der Waals surface area (Å²) in [5, 5.41) is 0. The molecule has 0 aliphatic heterocycles. The summed E-state index contributed by atoms with van der Waals surface area (Å²) >= 11 is 0. The Morgan fingerprint density at radius 3 is 1.06 bits per heavy atom. The predicted molar refractivity (Wildman–Crippen MR) is 122 cm³/mol. The molecule has 0 heterocycles. The highest BCUT2D eigenvalue weighted by Crippen LogP contribution is 2.35. The Hall–Kier alpha value is -4.46. The number of fused-ring (bicyclic) bond motifs is 1. The van der Waals surface area contributed by atoms with Gasteiger partial charge in [-0.1, -0.05) is 24.3 Å². The van der Waals surface area contributed by atoms with Gasteiger partial charge < -0.3 is 28.4 Å². The molecule has 34 heavy (non-hydrogen) atoms. The van der Waals surface area contributed by atoms with E-state index in [-0.39, 0.29) is 34.1 Å². The molecule has 1 aliphatic carbocycles. The number of Topliss-reactive ketones (excluding diaryl/α,β-unsaturated/α-hetero) is 2.